The van der Waals surface area contributed by atoms with Crippen molar-refractivity contribution in [3.05, 3.63) is 89.4 Å². The molecule has 0 aromatic heterocycles. The van der Waals surface area contributed by atoms with Crippen LogP contribution in [0.15, 0.2) is 78.9 Å². The van der Waals surface area contributed by atoms with Crippen LogP contribution in [0.25, 0.3) is 0 Å². The predicted octanol–water partition coefficient (Wildman–Crippen LogP) is 4.40. The van der Waals surface area contributed by atoms with E-state index in [1.165, 1.54) is 4.90 Å². The molecule has 31 heavy (non-hydrogen) atoms. The Kier molecular flexibility index (Phi) is 4.88. The third-order valence-corrected chi connectivity index (χ3v) is 5.92. The number of fused-ring (bicyclic) bond motifs is 1. The number of anilines is 2. The van der Waals surface area contributed by atoms with Crippen LogP contribution in [0.5, 0.6) is 5.75 Å². The second-order valence-corrected chi connectivity index (χ2v) is 7.86. The third-order valence-electron chi connectivity index (χ3n) is 5.67. The monoisotopic (exact) mass is 434 g/mol. The maximum Gasteiger partial charge on any atom is 0.266 e. The number of hydroxylamine groups is 1. The van der Waals surface area contributed by atoms with E-state index < -0.39 is 18.1 Å². The Morgan fingerprint density at radius 2 is 1.52 bits per heavy atom. The van der Waals surface area contributed by atoms with E-state index in [2.05, 4.69) is 0 Å². The fourth-order valence-corrected chi connectivity index (χ4v) is 4.32. The molecule has 3 atom stereocenters. The number of carbonyl (C=O) groups is 2. The van der Waals surface area contributed by atoms with Gasteiger partial charge < -0.3 is 4.74 Å². The molecule has 0 radical (unpaired) electrons. The fourth-order valence-electron chi connectivity index (χ4n) is 4.20. The van der Waals surface area contributed by atoms with Crippen LogP contribution in [-0.2, 0) is 14.4 Å². The summed E-state index contributed by atoms with van der Waals surface area (Å²) in [6.45, 7) is 0. The Bertz CT molecular complexity index is 1120. The second-order valence-electron chi connectivity index (χ2n) is 7.42. The molecule has 156 valence electrons. The summed E-state index contributed by atoms with van der Waals surface area (Å²) in [7, 11) is 1.56. The smallest absolute Gasteiger partial charge is 0.266 e. The number of methoxy groups -OCH3 is 1. The highest BCUT2D eigenvalue weighted by Crippen LogP contribution is 2.47. The lowest BCUT2D eigenvalue weighted by molar-refractivity contribution is -0.126. The molecule has 0 N–H and O–H groups in total. The molecule has 0 spiro atoms. The van der Waals surface area contributed by atoms with Gasteiger partial charge in [0.25, 0.3) is 5.91 Å². The topological polar surface area (TPSA) is 59.1 Å². The van der Waals surface area contributed by atoms with Crippen LogP contribution < -0.4 is 14.7 Å². The summed E-state index contributed by atoms with van der Waals surface area (Å²) >= 11 is 6.08. The number of ether oxygens (including phenoxy) is 1. The van der Waals surface area contributed by atoms with Crippen molar-refractivity contribution in [2.75, 3.05) is 17.1 Å². The molecule has 3 aromatic carbocycles. The normalized spacial score (nSPS) is 22.7. The summed E-state index contributed by atoms with van der Waals surface area (Å²) in [6, 6.07) is 23.1. The molecule has 7 heteroatoms. The molecule has 0 saturated carbocycles. The number of halogens is 1. The van der Waals surface area contributed by atoms with Gasteiger partial charge in [0.05, 0.1) is 24.5 Å². The molecule has 3 aromatic rings. The van der Waals surface area contributed by atoms with Crippen molar-refractivity contribution in [2.24, 2.45) is 5.92 Å². The van der Waals surface area contributed by atoms with Gasteiger partial charge in [-0.25, -0.2) is 9.96 Å². The number of nitrogens with zero attached hydrogens (tertiary/aromatic N) is 2. The first kappa shape index (κ1) is 19.6. The van der Waals surface area contributed by atoms with E-state index in [-0.39, 0.29) is 11.8 Å². The first-order valence-electron chi connectivity index (χ1n) is 9.87. The lowest BCUT2D eigenvalue weighted by Crippen LogP contribution is -2.37. The van der Waals surface area contributed by atoms with E-state index in [0.717, 1.165) is 11.3 Å². The Labute approximate surface area is 184 Å². The van der Waals surface area contributed by atoms with Crippen molar-refractivity contribution >= 4 is 34.8 Å². The van der Waals surface area contributed by atoms with Gasteiger partial charge >= 0.3 is 0 Å². The third kappa shape index (κ3) is 3.24. The van der Waals surface area contributed by atoms with Crippen molar-refractivity contribution < 1.29 is 19.2 Å². The highest BCUT2D eigenvalue weighted by Gasteiger charge is 2.60. The molecule has 6 nitrogen and oxygen atoms in total. The second kappa shape index (κ2) is 7.72. The number of amides is 2. The Balaban J connectivity index is 1.56. The van der Waals surface area contributed by atoms with E-state index in [0.29, 0.717) is 16.5 Å². The first-order valence-corrected chi connectivity index (χ1v) is 10.2. The summed E-state index contributed by atoms with van der Waals surface area (Å²) in [5.41, 5.74) is 2.11. The van der Waals surface area contributed by atoms with Gasteiger partial charge in [-0.05, 0) is 54.1 Å². The van der Waals surface area contributed by atoms with Gasteiger partial charge in [0, 0.05) is 5.02 Å². The van der Waals surface area contributed by atoms with Gasteiger partial charge in [-0.3, -0.25) is 14.4 Å². The molecular weight excluding hydrogens is 416 g/mol. The molecule has 2 fully saturated rings. The highest BCUT2D eigenvalue weighted by molar-refractivity contribution is 6.30. The minimum atomic E-state index is -0.907. The summed E-state index contributed by atoms with van der Waals surface area (Å²) in [4.78, 5) is 34.1. The summed E-state index contributed by atoms with van der Waals surface area (Å²) in [5.74, 6) is -0.708. The largest absolute Gasteiger partial charge is 0.497 e. The Morgan fingerprint density at radius 1 is 0.839 bits per heavy atom. The van der Waals surface area contributed by atoms with E-state index in [1.54, 1.807) is 48.6 Å². The zero-order chi connectivity index (χ0) is 21.5. The molecule has 2 aliphatic heterocycles. The standard InChI is InChI=1S/C24H19ClN2O4/c1-30-19-13-11-17(12-14-19)26-23(28)20-21(15-7-9-16(25)10-8-15)27(31-22(20)24(26)29)18-5-3-2-4-6-18/h2-14,20-22H,1H3/t20-,21+,22+/m1/s1. The van der Waals surface area contributed by atoms with Crippen molar-refractivity contribution in [1.82, 2.24) is 0 Å². The summed E-state index contributed by atoms with van der Waals surface area (Å²) < 4.78 is 5.18. The van der Waals surface area contributed by atoms with E-state index in [4.69, 9.17) is 21.2 Å². The van der Waals surface area contributed by atoms with Gasteiger partial charge in [-0.15, -0.1) is 0 Å². The first-order chi connectivity index (χ1) is 15.1. The van der Waals surface area contributed by atoms with Crippen LogP contribution in [0.1, 0.15) is 11.6 Å². The van der Waals surface area contributed by atoms with Crippen LogP contribution in [0.2, 0.25) is 5.02 Å². The molecule has 2 heterocycles. The lowest BCUT2D eigenvalue weighted by atomic mass is 9.90. The van der Waals surface area contributed by atoms with Crippen LogP contribution in [0.3, 0.4) is 0 Å². The van der Waals surface area contributed by atoms with Crippen molar-refractivity contribution in [2.45, 2.75) is 12.1 Å². The zero-order valence-corrected chi connectivity index (χ0v) is 17.4. The van der Waals surface area contributed by atoms with Gasteiger partial charge in [-0.1, -0.05) is 41.9 Å². The lowest BCUT2D eigenvalue weighted by Gasteiger charge is -2.28. The minimum Gasteiger partial charge on any atom is -0.497 e. The number of benzene rings is 3. The van der Waals surface area contributed by atoms with Gasteiger partial charge in [0.2, 0.25) is 5.91 Å². The maximum atomic E-state index is 13.5. The van der Waals surface area contributed by atoms with Crippen LogP contribution >= 0.6 is 11.6 Å². The van der Waals surface area contributed by atoms with Gasteiger partial charge in [0.15, 0.2) is 6.10 Å². The van der Waals surface area contributed by atoms with Crippen LogP contribution in [-0.4, -0.2) is 25.0 Å². The number of imide groups is 1. The Hall–Kier alpha value is -3.35. The Morgan fingerprint density at radius 3 is 2.16 bits per heavy atom. The quantitative estimate of drug-likeness (QED) is 0.570. The van der Waals surface area contributed by atoms with Crippen LogP contribution in [0, 0.1) is 5.92 Å². The minimum absolute atomic E-state index is 0.293. The van der Waals surface area contributed by atoms with Crippen molar-refractivity contribution in [3.63, 3.8) is 0 Å². The van der Waals surface area contributed by atoms with Crippen LogP contribution in [0.4, 0.5) is 11.4 Å². The highest BCUT2D eigenvalue weighted by atomic mass is 35.5. The fraction of sp³-hybridized carbons (Fsp3) is 0.167. The zero-order valence-electron chi connectivity index (χ0n) is 16.6. The van der Waals surface area contributed by atoms with E-state index in [1.807, 2.05) is 42.5 Å². The maximum absolute atomic E-state index is 13.5. The van der Waals surface area contributed by atoms with Gasteiger partial charge in [0.1, 0.15) is 11.7 Å². The predicted molar refractivity (Wildman–Crippen MR) is 117 cm³/mol. The SMILES string of the molecule is COc1ccc(N2C(=O)[C@H]3[C@H](ON(c4ccccc4)[C@H]3c3ccc(Cl)cc3)C2=O)cc1. The van der Waals surface area contributed by atoms with Crippen molar-refractivity contribution in [1.29, 1.82) is 0 Å². The number of hydrogen-bond donors (Lipinski definition) is 0. The molecule has 5 rings (SSSR count). The molecule has 0 unspecified atom stereocenters. The molecule has 2 aliphatic rings. The molecule has 0 bridgehead atoms. The average Bonchev–Trinajstić information content (AvgIpc) is 3.31. The molecule has 2 saturated heterocycles. The molecule has 0 aliphatic carbocycles. The number of hydrogen-bond acceptors (Lipinski definition) is 5. The molecule has 2 amide bonds. The average molecular weight is 435 g/mol. The molecular formula is C24H19ClN2O4. The summed E-state index contributed by atoms with van der Waals surface area (Å²) in [5, 5.41) is 2.26. The van der Waals surface area contributed by atoms with E-state index >= 15 is 0 Å². The van der Waals surface area contributed by atoms with Crippen molar-refractivity contribution in [3.8, 4) is 5.75 Å². The van der Waals surface area contributed by atoms with E-state index in [9.17, 15) is 9.59 Å². The van der Waals surface area contributed by atoms with Gasteiger partial charge in [-0.2, -0.15) is 0 Å². The number of para-hydroxylation sites is 1. The number of rotatable bonds is 4. The number of carbonyl (C=O) groups excluding carboxylic acids is 2. The summed E-state index contributed by atoms with van der Waals surface area (Å²) in [6.07, 6.45) is -0.907.